The minimum atomic E-state index is -0.922. The molecule has 1 aromatic rings. The smallest absolute Gasteiger partial charge is 0.330 e. The van der Waals surface area contributed by atoms with Crippen molar-refractivity contribution in [2.24, 2.45) is 0 Å². The first-order valence-electron chi connectivity index (χ1n) is 4.38. The number of benzene rings is 1. The van der Waals surface area contributed by atoms with Gasteiger partial charge in [0.2, 0.25) is 0 Å². The van der Waals surface area contributed by atoms with Crippen molar-refractivity contribution in [2.45, 2.75) is 0 Å². The maximum absolute atomic E-state index is 13.3. The van der Waals surface area contributed by atoms with E-state index in [-0.39, 0.29) is 5.56 Å². The van der Waals surface area contributed by atoms with Crippen LogP contribution in [-0.2, 0) is 9.53 Å². The van der Waals surface area contributed by atoms with Crippen LogP contribution < -0.4 is 0 Å². The zero-order valence-corrected chi connectivity index (χ0v) is 8.71. The van der Waals surface area contributed by atoms with Crippen molar-refractivity contribution in [3.8, 4) is 5.75 Å². The molecule has 1 aromatic carbocycles. The average Bonchev–Trinajstić information content (AvgIpc) is 2.28. The number of ether oxygens (including phenoxy) is 1. The van der Waals surface area contributed by atoms with Gasteiger partial charge in [-0.2, -0.15) is 0 Å². The Bertz CT molecular complexity index is 498. The van der Waals surface area contributed by atoms with E-state index in [4.69, 9.17) is 0 Å². The molecular weight excluding hydrogens is 233 g/mol. The molecule has 0 saturated carbocycles. The zero-order chi connectivity index (χ0) is 13.0. The Morgan fingerprint density at radius 1 is 1.59 bits per heavy atom. The summed E-state index contributed by atoms with van der Waals surface area (Å²) in [4.78, 5) is 20.2. The normalized spacial score (nSPS) is 10.5. The number of phenolic OH excluding ortho intramolecular Hbond substituents is 1. The van der Waals surface area contributed by atoms with E-state index >= 15 is 0 Å². The fourth-order valence-corrected chi connectivity index (χ4v) is 1.07. The van der Waals surface area contributed by atoms with Gasteiger partial charge in [-0.05, 0) is 12.1 Å². The van der Waals surface area contributed by atoms with Crippen LogP contribution >= 0.6 is 0 Å². The number of nitro groups is 1. The number of rotatable bonds is 3. The van der Waals surface area contributed by atoms with Crippen LogP contribution in [0.15, 0.2) is 18.2 Å². The number of carbonyl (C=O) groups is 1. The minimum Gasteiger partial charge on any atom is -0.502 e. The highest BCUT2D eigenvalue weighted by Crippen LogP contribution is 2.29. The number of nitro benzene ring substituents is 1. The van der Waals surface area contributed by atoms with E-state index in [0.717, 1.165) is 25.3 Å². The van der Waals surface area contributed by atoms with Crippen molar-refractivity contribution in [3.05, 3.63) is 39.7 Å². The Morgan fingerprint density at radius 2 is 2.24 bits per heavy atom. The Balaban J connectivity index is 3.12. The van der Waals surface area contributed by atoms with E-state index in [1.807, 2.05) is 0 Å². The van der Waals surface area contributed by atoms with Crippen LogP contribution in [0.4, 0.5) is 10.1 Å². The highest BCUT2D eigenvalue weighted by Gasteiger charge is 2.16. The van der Waals surface area contributed by atoms with Crippen molar-refractivity contribution in [1.29, 1.82) is 0 Å². The lowest BCUT2D eigenvalue weighted by molar-refractivity contribution is -0.386. The molecule has 90 valence electrons. The number of phenols is 1. The maximum Gasteiger partial charge on any atom is 0.330 e. The van der Waals surface area contributed by atoms with Gasteiger partial charge in [-0.15, -0.1) is 0 Å². The average molecular weight is 241 g/mol. The molecule has 0 radical (unpaired) electrons. The monoisotopic (exact) mass is 241 g/mol. The summed E-state index contributed by atoms with van der Waals surface area (Å²) in [5.41, 5.74) is -0.892. The molecule has 0 saturated heterocycles. The van der Waals surface area contributed by atoms with Gasteiger partial charge in [-0.25, -0.2) is 9.18 Å². The number of hydrogen-bond acceptors (Lipinski definition) is 5. The van der Waals surface area contributed by atoms with Crippen LogP contribution in [0.25, 0.3) is 6.08 Å². The van der Waals surface area contributed by atoms with Crippen molar-refractivity contribution in [3.63, 3.8) is 0 Å². The Hall–Kier alpha value is -2.44. The number of methoxy groups -OCH3 is 1. The number of nitrogens with zero attached hydrogens (tertiary/aromatic N) is 1. The molecule has 1 N–H and O–H groups in total. The first kappa shape index (κ1) is 12.6. The fourth-order valence-electron chi connectivity index (χ4n) is 1.07. The Labute approximate surface area is 95.1 Å². The van der Waals surface area contributed by atoms with Gasteiger partial charge in [0.05, 0.1) is 18.1 Å². The van der Waals surface area contributed by atoms with Gasteiger partial charge in [-0.1, -0.05) is 0 Å². The first-order valence-corrected chi connectivity index (χ1v) is 4.38. The van der Waals surface area contributed by atoms with Gasteiger partial charge in [0.25, 0.3) is 0 Å². The second-order valence-electron chi connectivity index (χ2n) is 2.98. The van der Waals surface area contributed by atoms with Crippen molar-refractivity contribution in [2.75, 3.05) is 7.11 Å². The minimum absolute atomic E-state index is 0.154. The van der Waals surface area contributed by atoms with Crippen LogP contribution in [-0.4, -0.2) is 23.1 Å². The molecule has 0 amide bonds. The third-order valence-corrected chi connectivity index (χ3v) is 1.89. The highest BCUT2D eigenvalue weighted by atomic mass is 19.1. The van der Waals surface area contributed by atoms with E-state index in [1.54, 1.807) is 0 Å². The van der Waals surface area contributed by atoms with Crippen LogP contribution in [0, 0.1) is 15.9 Å². The number of aromatic hydroxyl groups is 1. The summed E-state index contributed by atoms with van der Waals surface area (Å²) in [5.74, 6) is -2.31. The van der Waals surface area contributed by atoms with Gasteiger partial charge < -0.3 is 9.84 Å². The summed E-state index contributed by atoms with van der Waals surface area (Å²) in [6, 6.07) is 1.43. The Kier molecular flexibility index (Phi) is 3.76. The molecule has 0 spiro atoms. The molecule has 0 aliphatic heterocycles. The summed E-state index contributed by atoms with van der Waals surface area (Å²) in [5, 5.41) is 19.6. The lowest BCUT2D eigenvalue weighted by atomic mass is 10.1. The predicted molar refractivity (Wildman–Crippen MR) is 55.8 cm³/mol. The lowest BCUT2D eigenvalue weighted by Crippen LogP contribution is -1.95. The molecule has 17 heavy (non-hydrogen) atoms. The van der Waals surface area contributed by atoms with Gasteiger partial charge in [0.1, 0.15) is 5.82 Å². The number of hydrogen-bond donors (Lipinski definition) is 1. The number of halogens is 1. The van der Waals surface area contributed by atoms with E-state index in [2.05, 4.69) is 4.74 Å². The molecular formula is C10H8FNO5. The SMILES string of the molecule is COC(=O)/C=C/c1cc(O)c([N+](=O)[O-])cc1F. The maximum atomic E-state index is 13.3. The molecule has 0 unspecified atom stereocenters. The Morgan fingerprint density at radius 3 is 2.76 bits per heavy atom. The highest BCUT2D eigenvalue weighted by molar-refractivity contribution is 5.87. The number of esters is 1. The summed E-state index contributed by atoms with van der Waals surface area (Å²) in [6.07, 6.45) is 1.98. The summed E-state index contributed by atoms with van der Waals surface area (Å²) in [6.45, 7) is 0. The third-order valence-electron chi connectivity index (χ3n) is 1.89. The number of carbonyl (C=O) groups excluding carboxylic acids is 1. The van der Waals surface area contributed by atoms with Crippen molar-refractivity contribution >= 4 is 17.7 Å². The van der Waals surface area contributed by atoms with Gasteiger partial charge in [0.15, 0.2) is 5.75 Å². The van der Waals surface area contributed by atoms with Crippen molar-refractivity contribution in [1.82, 2.24) is 0 Å². The predicted octanol–water partition coefficient (Wildman–Crippen LogP) is 1.63. The van der Waals surface area contributed by atoms with E-state index in [0.29, 0.717) is 6.07 Å². The quantitative estimate of drug-likeness (QED) is 0.376. The summed E-state index contributed by atoms with van der Waals surface area (Å²) in [7, 11) is 1.15. The van der Waals surface area contributed by atoms with E-state index in [9.17, 15) is 24.4 Å². The second kappa shape index (κ2) is 5.06. The van der Waals surface area contributed by atoms with Crippen LogP contribution in [0.3, 0.4) is 0 Å². The molecule has 0 aliphatic rings. The molecule has 7 heteroatoms. The fraction of sp³-hybridized carbons (Fsp3) is 0.100. The lowest BCUT2D eigenvalue weighted by Gasteiger charge is -2.00. The zero-order valence-electron chi connectivity index (χ0n) is 8.71. The standard InChI is InChI=1S/C10H8FNO5/c1-17-10(14)3-2-6-4-9(13)8(12(15)16)5-7(6)11/h2-5,13H,1H3/b3-2+. The molecule has 0 aliphatic carbocycles. The largest absolute Gasteiger partial charge is 0.502 e. The molecule has 0 atom stereocenters. The van der Waals surface area contributed by atoms with Gasteiger partial charge >= 0.3 is 11.7 Å². The van der Waals surface area contributed by atoms with Crippen molar-refractivity contribution < 1.29 is 24.0 Å². The summed E-state index contributed by atoms with van der Waals surface area (Å²) >= 11 is 0. The molecule has 6 nitrogen and oxygen atoms in total. The third kappa shape index (κ3) is 3.00. The second-order valence-corrected chi connectivity index (χ2v) is 2.98. The molecule has 0 fully saturated rings. The first-order chi connectivity index (χ1) is 7.95. The molecule has 0 heterocycles. The van der Waals surface area contributed by atoms with E-state index < -0.39 is 28.1 Å². The van der Waals surface area contributed by atoms with Crippen LogP contribution in [0.5, 0.6) is 5.75 Å². The van der Waals surface area contributed by atoms with Gasteiger partial charge in [-0.3, -0.25) is 10.1 Å². The summed E-state index contributed by atoms with van der Waals surface area (Å²) < 4.78 is 17.6. The van der Waals surface area contributed by atoms with Crippen LogP contribution in [0.1, 0.15) is 5.56 Å². The van der Waals surface area contributed by atoms with Gasteiger partial charge in [0, 0.05) is 11.6 Å². The molecule has 0 aromatic heterocycles. The van der Waals surface area contributed by atoms with Crippen LogP contribution in [0.2, 0.25) is 0 Å². The molecule has 0 bridgehead atoms. The molecule has 1 rings (SSSR count). The topological polar surface area (TPSA) is 89.7 Å². The van der Waals surface area contributed by atoms with E-state index in [1.165, 1.54) is 0 Å².